The van der Waals surface area contributed by atoms with Crippen LogP contribution in [0.1, 0.15) is 29.1 Å². The van der Waals surface area contributed by atoms with Crippen LogP contribution in [0.2, 0.25) is 0 Å². The summed E-state index contributed by atoms with van der Waals surface area (Å²) in [5.41, 5.74) is -0.629. The number of carbonyl (C=O) groups is 1. The van der Waals surface area contributed by atoms with Crippen molar-refractivity contribution in [1.29, 1.82) is 0 Å². The molecule has 30 heavy (non-hydrogen) atoms. The van der Waals surface area contributed by atoms with Crippen LogP contribution in [0, 0.1) is 5.92 Å². The van der Waals surface area contributed by atoms with E-state index in [4.69, 9.17) is 4.42 Å². The predicted molar refractivity (Wildman–Crippen MR) is 105 cm³/mol. The quantitative estimate of drug-likeness (QED) is 0.635. The number of pyridine rings is 2. The summed E-state index contributed by atoms with van der Waals surface area (Å²) in [4.78, 5) is 24.2. The second kappa shape index (κ2) is 7.97. The number of piperidine rings is 1. The molecule has 3 aromatic heterocycles. The van der Waals surface area contributed by atoms with Crippen molar-refractivity contribution in [2.24, 2.45) is 5.92 Å². The van der Waals surface area contributed by atoms with Gasteiger partial charge in [0.15, 0.2) is 5.76 Å². The van der Waals surface area contributed by atoms with E-state index < -0.39 is 11.9 Å². The highest BCUT2D eigenvalue weighted by molar-refractivity contribution is 5.91. The van der Waals surface area contributed by atoms with Crippen LogP contribution >= 0.6 is 0 Å². The number of hydrogen-bond donors (Lipinski definition) is 0. The average molecular weight is 418 g/mol. The maximum absolute atomic E-state index is 12.9. The Kier molecular flexibility index (Phi) is 5.36. The molecule has 0 N–H and O–H groups in total. The minimum atomic E-state index is -4.48. The highest BCUT2D eigenvalue weighted by Crippen LogP contribution is 2.32. The summed E-state index contributed by atoms with van der Waals surface area (Å²) in [7, 11) is 1.76. The van der Waals surface area contributed by atoms with Gasteiger partial charge in [-0.2, -0.15) is 13.2 Å². The number of carbonyl (C=O) groups excluding carboxylic acids is 1. The van der Waals surface area contributed by atoms with E-state index in [1.165, 1.54) is 24.6 Å². The van der Waals surface area contributed by atoms with E-state index in [-0.39, 0.29) is 11.4 Å². The lowest BCUT2D eigenvalue weighted by Gasteiger charge is -2.34. The van der Waals surface area contributed by atoms with Crippen LogP contribution in [0.5, 0.6) is 0 Å². The largest absolute Gasteiger partial charge is 0.459 e. The predicted octanol–water partition coefficient (Wildman–Crippen LogP) is 4.23. The number of hydrogen-bond acceptors (Lipinski definition) is 5. The highest BCUT2D eigenvalue weighted by atomic mass is 19.4. The van der Waals surface area contributed by atoms with E-state index >= 15 is 0 Å². The third-order valence-electron chi connectivity index (χ3n) is 5.41. The molecule has 158 valence electrons. The van der Waals surface area contributed by atoms with Gasteiger partial charge < -0.3 is 14.2 Å². The van der Waals surface area contributed by atoms with Crippen LogP contribution in [0.3, 0.4) is 0 Å². The summed E-state index contributed by atoms with van der Waals surface area (Å²) in [5, 5.41) is 0.606. The minimum absolute atomic E-state index is 0.148. The van der Waals surface area contributed by atoms with Crippen molar-refractivity contribution in [3.05, 3.63) is 54.2 Å². The van der Waals surface area contributed by atoms with E-state index in [9.17, 15) is 18.0 Å². The molecule has 0 radical (unpaired) electrons. The van der Waals surface area contributed by atoms with Crippen molar-refractivity contribution in [1.82, 2.24) is 14.9 Å². The summed E-state index contributed by atoms with van der Waals surface area (Å²) in [6.07, 6.45) is 0.189. The monoisotopic (exact) mass is 418 g/mol. The number of aromatic nitrogens is 2. The fraction of sp³-hybridized carbons (Fsp3) is 0.381. The molecule has 4 rings (SSSR count). The Bertz CT molecular complexity index is 1030. The Morgan fingerprint density at radius 1 is 1.23 bits per heavy atom. The van der Waals surface area contributed by atoms with Crippen LogP contribution in [0.25, 0.3) is 10.9 Å². The molecular formula is C21H21F3N4O2. The second-order valence-electron chi connectivity index (χ2n) is 7.49. The smallest absolute Gasteiger partial charge is 0.433 e. The van der Waals surface area contributed by atoms with E-state index in [0.717, 1.165) is 18.9 Å². The molecule has 0 aliphatic carbocycles. The lowest BCUT2D eigenvalue weighted by molar-refractivity contribution is -0.140. The standard InChI is InChI=1S/C21H21F3N4O2/c1-27(20(29)17-3-2-12-30-17)13-14-7-10-28(11-8-14)19-15-4-5-18(21(22,23)24)26-16(15)6-9-25-19/h2-6,9,12,14H,7-8,10-11,13H2,1H3. The summed E-state index contributed by atoms with van der Waals surface area (Å²) in [6.45, 7) is 2.04. The molecule has 1 aliphatic rings. The maximum Gasteiger partial charge on any atom is 0.433 e. The van der Waals surface area contributed by atoms with Crippen LogP contribution in [0.15, 0.2) is 47.2 Å². The SMILES string of the molecule is CN(CC1CCN(c2nccc3nc(C(F)(F)F)ccc23)CC1)C(=O)c1ccco1. The first kappa shape index (κ1) is 20.2. The number of rotatable bonds is 4. The van der Waals surface area contributed by atoms with Gasteiger partial charge >= 0.3 is 6.18 Å². The van der Waals surface area contributed by atoms with E-state index in [2.05, 4.69) is 14.9 Å². The number of fused-ring (bicyclic) bond motifs is 1. The molecule has 1 saturated heterocycles. The van der Waals surface area contributed by atoms with E-state index in [0.29, 0.717) is 42.5 Å². The molecule has 1 fully saturated rings. The molecule has 4 heterocycles. The molecule has 1 amide bonds. The average Bonchev–Trinajstić information content (AvgIpc) is 3.27. The first-order valence-corrected chi connectivity index (χ1v) is 9.70. The molecule has 9 heteroatoms. The van der Waals surface area contributed by atoms with Gasteiger partial charge in [0.05, 0.1) is 11.8 Å². The Labute approximate surface area is 171 Å². The van der Waals surface area contributed by atoms with Crippen molar-refractivity contribution < 1.29 is 22.4 Å². The van der Waals surface area contributed by atoms with Crippen molar-refractivity contribution in [2.45, 2.75) is 19.0 Å². The van der Waals surface area contributed by atoms with Gasteiger partial charge in [0.1, 0.15) is 11.5 Å². The third kappa shape index (κ3) is 4.10. The van der Waals surface area contributed by atoms with Crippen LogP contribution in [-0.2, 0) is 6.18 Å². The fourth-order valence-corrected chi connectivity index (χ4v) is 3.83. The normalized spacial score (nSPS) is 15.5. The minimum Gasteiger partial charge on any atom is -0.459 e. The molecule has 0 atom stereocenters. The van der Waals surface area contributed by atoms with Crippen molar-refractivity contribution in [2.75, 3.05) is 31.6 Å². The Balaban J connectivity index is 1.43. The zero-order valence-electron chi connectivity index (χ0n) is 16.4. The molecule has 0 bridgehead atoms. The highest BCUT2D eigenvalue weighted by Gasteiger charge is 2.33. The van der Waals surface area contributed by atoms with Crippen molar-refractivity contribution in [3.8, 4) is 0 Å². The van der Waals surface area contributed by atoms with Crippen LogP contribution in [0.4, 0.5) is 19.0 Å². The number of halogens is 3. The topological polar surface area (TPSA) is 62.5 Å². The van der Waals surface area contributed by atoms with Crippen molar-refractivity contribution >= 4 is 22.6 Å². The van der Waals surface area contributed by atoms with Crippen LogP contribution < -0.4 is 4.90 Å². The Morgan fingerprint density at radius 2 is 2.00 bits per heavy atom. The first-order chi connectivity index (χ1) is 14.3. The van der Waals surface area contributed by atoms with Gasteiger partial charge in [0.25, 0.3) is 5.91 Å². The third-order valence-corrected chi connectivity index (χ3v) is 5.41. The molecule has 3 aromatic rings. The maximum atomic E-state index is 12.9. The molecule has 0 spiro atoms. The van der Waals surface area contributed by atoms with Gasteiger partial charge in [0, 0.05) is 38.3 Å². The zero-order chi connectivity index (χ0) is 21.3. The number of alkyl halides is 3. The summed E-state index contributed by atoms with van der Waals surface area (Å²) < 4.78 is 44.0. The number of furan rings is 1. The van der Waals surface area contributed by atoms with Gasteiger partial charge in [0.2, 0.25) is 0 Å². The Hall–Kier alpha value is -3.10. The van der Waals surface area contributed by atoms with Gasteiger partial charge in [-0.25, -0.2) is 9.97 Å². The summed E-state index contributed by atoms with van der Waals surface area (Å²) in [6, 6.07) is 7.26. The zero-order valence-corrected chi connectivity index (χ0v) is 16.4. The molecule has 0 unspecified atom stereocenters. The second-order valence-corrected chi connectivity index (χ2v) is 7.49. The van der Waals surface area contributed by atoms with E-state index in [1.54, 1.807) is 24.1 Å². The Morgan fingerprint density at radius 3 is 2.67 bits per heavy atom. The molecular weight excluding hydrogens is 397 g/mol. The van der Waals surface area contributed by atoms with Crippen molar-refractivity contribution in [3.63, 3.8) is 0 Å². The van der Waals surface area contributed by atoms with Gasteiger partial charge in [-0.05, 0) is 49.1 Å². The lowest BCUT2D eigenvalue weighted by Crippen LogP contribution is -2.39. The van der Waals surface area contributed by atoms with Gasteiger partial charge in [-0.15, -0.1) is 0 Å². The number of anilines is 1. The molecule has 0 saturated carbocycles. The lowest BCUT2D eigenvalue weighted by atomic mass is 9.96. The van der Waals surface area contributed by atoms with Gasteiger partial charge in [-0.1, -0.05) is 0 Å². The van der Waals surface area contributed by atoms with Crippen LogP contribution in [-0.4, -0.2) is 47.5 Å². The first-order valence-electron chi connectivity index (χ1n) is 9.70. The fourth-order valence-electron chi connectivity index (χ4n) is 3.83. The molecule has 0 aromatic carbocycles. The summed E-state index contributed by atoms with van der Waals surface area (Å²) in [5.74, 6) is 1.15. The number of amides is 1. The van der Waals surface area contributed by atoms with Gasteiger partial charge in [-0.3, -0.25) is 4.79 Å². The molecule has 6 nitrogen and oxygen atoms in total. The number of nitrogens with zero attached hydrogens (tertiary/aromatic N) is 4. The summed E-state index contributed by atoms with van der Waals surface area (Å²) >= 11 is 0. The molecule has 1 aliphatic heterocycles. The van der Waals surface area contributed by atoms with E-state index in [1.807, 2.05) is 0 Å².